The van der Waals surface area contributed by atoms with Gasteiger partial charge in [-0.3, -0.25) is 4.40 Å². The lowest BCUT2D eigenvalue weighted by Gasteiger charge is -2.10. The molecule has 0 aliphatic heterocycles. The number of ether oxygens (including phenoxy) is 2. The van der Waals surface area contributed by atoms with Crippen molar-refractivity contribution in [3.8, 4) is 17.4 Å². The van der Waals surface area contributed by atoms with E-state index >= 15 is 0 Å². The van der Waals surface area contributed by atoms with Gasteiger partial charge in [0.25, 0.3) is 0 Å². The van der Waals surface area contributed by atoms with Gasteiger partial charge in [-0.2, -0.15) is 4.98 Å². The van der Waals surface area contributed by atoms with Gasteiger partial charge in [0.1, 0.15) is 5.69 Å². The molecule has 0 fully saturated rings. The maximum Gasteiger partial charge on any atom is 0.243 e. The lowest BCUT2D eigenvalue weighted by Crippen LogP contribution is -2.02. The molecule has 104 valence electrons. The molecule has 3 rings (SSSR count). The quantitative estimate of drug-likeness (QED) is 0.802. The third-order valence-corrected chi connectivity index (χ3v) is 3.80. The van der Waals surface area contributed by atoms with Crippen LogP contribution in [0.3, 0.4) is 0 Å². The Labute approximate surface area is 120 Å². The number of rotatable bonds is 4. The average Bonchev–Trinajstić information content (AvgIpc) is 3.00. The molecular formula is C14H15N3O2S. The summed E-state index contributed by atoms with van der Waals surface area (Å²) in [6, 6.07) is 5.77. The molecule has 0 amide bonds. The van der Waals surface area contributed by atoms with Crippen LogP contribution in [-0.4, -0.2) is 16.5 Å². The third kappa shape index (κ3) is 2.13. The van der Waals surface area contributed by atoms with Crippen molar-refractivity contribution in [1.82, 2.24) is 9.38 Å². The van der Waals surface area contributed by atoms with E-state index in [0.717, 1.165) is 16.2 Å². The summed E-state index contributed by atoms with van der Waals surface area (Å²) < 4.78 is 13.2. The number of methoxy groups -OCH3 is 1. The van der Waals surface area contributed by atoms with Gasteiger partial charge in [-0.25, -0.2) is 0 Å². The van der Waals surface area contributed by atoms with E-state index in [1.807, 2.05) is 41.1 Å². The van der Waals surface area contributed by atoms with Crippen LogP contribution in [0.5, 0.6) is 17.4 Å². The van der Waals surface area contributed by atoms with Gasteiger partial charge in [0.15, 0.2) is 16.5 Å². The summed E-state index contributed by atoms with van der Waals surface area (Å²) in [6.07, 6.45) is 1.94. The summed E-state index contributed by atoms with van der Waals surface area (Å²) in [4.78, 5) is 5.33. The van der Waals surface area contributed by atoms with Crippen molar-refractivity contribution in [3.63, 3.8) is 0 Å². The number of thiazole rings is 1. The SMILES string of the molecule is COc1cc(C)ccc1Oc1nc2sccn2c1CN. The van der Waals surface area contributed by atoms with Gasteiger partial charge in [-0.1, -0.05) is 6.07 Å². The molecule has 0 radical (unpaired) electrons. The van der Waals surface area contributed by atoms with E-state index in [4.69, 9.17) is 15.2 Å². The summed E-state index contributed by atoms with van der Waals surface area (Å²) in [7, 11) is 1.62. The van der Waals surface area contributed by atoms with Crippen LogP contribution in [-0.2, 0) is 6.54 Å². The lowest BCUT2D eigenvalue weighted by atomic mass is 10.2. The van der Waals surface area contributed by atoms with Crippen molar-refractivity contribution in [2.45, 2.75) is 13.5 Å². The topological polar surface area (TPSA) is 61.8 Å². The third-order valence-electron chi connectivity index (χ3n) is 3.04. The Bertz CT molecular complexity index is 748. The molecular weight excluding hydrogens is 274 g/mol. The van der Waals surface area contributed by atoms with E-state index in [0.29, 0.717) is 23.9 Å². The molecule has 0 atom stereocenters. The van der Waals surface area contributed by atoms with Crippen LogP contribution in [0, 0.1) is 6.92 Å². The van der Waals surface area contributed by atoms with E-state index in [2.05, 4.69) is 4.98 Å². The van der Waals surface area contributed by atoms with Gasteiger partial charge >= 0.3 is 0 Å². The molecule has 5 nitrogen and oxygen atoms in total. The summed E-state index contributed by atoms with van der Waals surface area (Å²) >= 11 is 1.55. The van der Waals surface area contributed by atoms with Crippen LogP contribution in [0.4, 0.5) is 0 Å². The van der Waals surface area contributed by atoms with Crippen molar-refractivity contribution < 1.29 is 9.47 Å². The number of aryl methyl sites for hydroxylation is 1. The molecule has 0 aliphatic carbocycles. The van der Waals surface area contributed by atoms with Crippen LogP contribution in [0.25, 0.3) is 4.96 Å². The molecule has 6 heteroatoms. The van der Waals surface area contributed by atoms with Crippen molar-refractivity contribution in [1.29, 1.82) is 0 Å². The molecule has 3 aromatic rings. The van der Waals surface area contributed by atoms with Crippen molar-refractivity contribution in [3.05, 3.63) is 41.0 Å². The normalized spacial score (nSPS) is 10.9. The first-order valence-corrected chi connectivity index (χ1v) is 7.08. The molecule has 0 spiro atoms. The van der Waals surface area contributed by atoms with Crippen molar-refractivity contribution >= 4 is 16.3 Å². The Hall–Kier alpha value is -2.05. The second-order valence-corrected chi connectivity index (χ2v) is 5.25. The fourth-order valence-electron chi connectivity index (χ4n) is 2.04. The maximum absolute atomic E-state index is 5.89. The van der Waals surface area contributed by atoms with Crippen LogP contribution >= 0.6 is 11.3 Å². The molecule has 0 aliphatic rings. The molecule has 0 unspecified atom stereocenters. The monoisotopic (exact) mass is 289 g/mol. The largest absolute Gasteiger partial charge is 0.493 e. The van der Waals surface area contributed by atoms with E-state index in [-0.39, 0.29) is 0 Å². The van der Waals surface area contributed by atoms with Crippen LogP contribution in [0.2, 0.25) is 0 Å². The van der Waals surface area contributed by atoms with Crippen LogP contribution in [0.15, 0.2) is 29.8 Å². The highest BCUT2D eigenvalue weighted by Gasteiger charge is 2.15. The van der Waals surface area contributed by atoms with E-state index in [1.54, 1.807) is 18.4 Å². The van der Waals surface area contributed by atoms with Crippen LogP contribution < -0.4 is 15.2 Å². The fraction of sp³-hybridized carbons (Fsp3) is 0.214. The number of hydrogen-bond acceptors (Lipinski definition) is 5. The Balaban J connectivity index is 2.02. The number of benzene rings is 1. The minimum Gasteiger partial charge on any atom is -0.493 e. The van der Waals surface area contributed by atoms with Crippen molar-refractivity contribution in [2.24, 2.45) is 5.73 Å². The molecule has 0 saturated heterocycles. The van der Waals surface area contributed by atoms with Gasteiger partial charge in [-0.05, 0) is 24.6 Å². The van der Waals surface area contributed by atoms with Gasteiger partial charge in [-0.15, -0.1) is 11.3 Å². The van der Waals surface area contributed by atoms with Crippen LogP contribution in [0.1, 0.15) is 11.3 Å². The Morgan fingerprint density at radius 1 is 1.35 bits per heavy atom. The summed E-state index contributed by atoms with van der Waals surface area (Å²) in [6.45, 7) is 2.37. The minimum absolute atomic E-state index is 0.363. The zero-order valence-corrected chi connectivity index (χ0v) is 12.1. The molecule has 2 aromatic heterocycles. The second-order valence-electron chi connectivity index (χ2n) is 4.38. The Kier molecular flexibility index (Phi) is 3.33. The van der Waals surface area contributed by atoms with Gasteiger partial charge in [0.2, 0.25) is 5.88 Å². The first kappa shape index (κ1) is 13.0. The lowest BCUT2D eigenvalue weighted by molar-refractivity contribution is 0.373. The van der Waals surface area contributed by atoms with Crippen molar-refractivity contribution in [2.75, 3.05) is 7.11 Å². The van der Waals surface area contributed by atoms with Gasteiger partial charge in [0.05, 0.1) is 7.11 Å². The zero-order chi connectivity index (χ0) is 14.1. The number of nitrogens with two attached hydrogens (primary N) is 1. The number of imidazole rings is 1. The van der Waals surface area contributed by atoms with E-state index in [9.17, 15) is 0 Å². The minimum atomic E-state index is 0.363. The van der Waals surface area contributed by atoms with E-state index < -0.39 is 0 Å². The zero-order valence-electron chi connectivity index (χ0n) is 11.3. The molecule has 1 aromatic carbocycles. The maximum atomic E-state index is 5.89. The van der Waals surface area contributed by atoms with Gasteiger partial charge in [0, 0.05) is 18.1 Å². The number of fused-ring (bicyclic) bond motifs is 1. The molecule has 20 heavy (non-hydrogen) atoms. The first-order chi connectivity index (χ1) is 9.72. The average molecular weight is 289 g/mol. The predicted molar refractivity (Wildman–Crippen MR) is 78.8 cm³/mol. The summed E-state index contributed by atoms with van der Waals surface area (Å²) in [5.41, 5.74) is 7.76. The highest BCUT2D eigenvalue weighted by atomic mass is 32.1. The van der Waals surface area contributed by atoms with Gasteiger partial charge < -0.3 is 15.2 Å². The molecule has 0 bridgehead atoms. The molecule has 2 heterocycles. The summed E-state index contributed by atoms with van der Waals surface area (Å²) in [5, 5.41) is 1.97. The number of aromatic nitrogens is 2. The highest BCUT2D eigenvalue weighted by Crippen LogP contribution is 2.34. The molecule has 0 saturated carbocycles. The van der Waals surface area contributed by atoms with E-state index in [1.165, 1.54) is 0 Å². The highest BCUT2D eigenvalue weighted by molar-refractivity contribution is 7.15. The number of nitrogens with zero attached hydrogens (tertiary/aromatic N) is 2. The Morgan fingerprint density at radius 3 is 2.95 bits per heavy atom. The first-order valence-electron chi connectivity index (χ1n) is 6.20. The smallest absolute Gasteiger partial charge is 0.243 e. The standard InChI is InChI=1S/C14H15N3O2S/c1-9-3-4-11(12(7-9)18-2)19-13-10(8-15)17-5-6-20-14(17)16-13/h3-7H,8,15H2,1-2H3. The fourth-order valence-corrected chi connectivity index (χ4v) is 2.77. The Morgan fingerprint density at radius 2 is 2.20 bits per heavy atom. The number of hydrogen-bond donors (Lipinski definition) is 1. The second kappa shape index (κ2) is 5.15. The predicted octanol–water partition coefficient (Wildman–Crippen LogP) is 2.96. The summed E-state index contributed by atoms with van der Waals surface area (Å²) in [5.74, 6) is 1.85. The molecule has 2 N–H and O–H groups in total.